The largest absolute Gasteiger partial charge is 0.495 e. The monoisotopic (exact) mass is 575 g/mol. The number of aromatic nitrogens is 1. The van der Waals surface area contributed by atoms with Gasteiger partial charge < -0.3 is 19.5 Å². The van der Waals surface area contributed by atoms with Crippen molar-refractivity contribution in [1.29, 1.82) is 0 Å². The van der Waals surface area contributed by atoms with Crippen LogP contribution in [0.2, 0.25) is 5.02 Å². The Kier molecular flexibility index (Phi) is 8.59. The van der Waals surface area contributed by atoms with E-state index in [0.29, 0.717) is 53.6 Å². The van der Waals surface area contributed by atoms with Crippen molar-refractivity contribution in [1.82, 2.24) is 9.29 Å². The van der Waals surface area contributed by atoms with Gasteiger partial charge in [-0.05, 0) is 12.1 Å². The molecule has 1 N–H and O–H groups in total. The number of sulfonamides is 1. The number of hydrogen-bond donors (Lipinski definition) is 1. The number of nitrogens with one attached hydrogen (secondary N) is 1. The lowest BCUT2D eigenvalue weighted by Crippen LogP contribution is -2.40. The fraction of sp³-hybridized carbons (Fsp3) is 0.286. The van der Waals surface area contributed by atoms with E-state index in [4.69, 9.17) is 25.8 Å². The highest BCUT2D eigenvalue weighted by molar-refractivity contribution is 8.93. The van der Waals surface area contributed by atoms with E-state index in [1.54, 1.807) is 50.6 Å². The van der Waals surface area contributed by atoms with E-state index in [2.05, 4.69) is 10.3 Å². The summed E-state index contributed by atoms with van der Waals surface area (Å²) in [7, 11) is -0.426. The molecule has 0 spiro atoms. The molecule has 1 aromatic heterocycles. The fourth-order valence-corrected chi connectivity index (χ4v) is 5.64. The molecule has 178 valence electrons. The molecule has 0 bridgehead atoms. The highest BCUT2D eigenvalue weighted by Gasteiger charge is 2.26. The summed E-state index contributed by atoms with van der Waals surface area (Å²) in [5.74, 6) is 1.08. The van der Waals surface area contributed by atoms with Gasteiger partial charge in [0.15, 0.2) is 5.13 Å². The molecule has 1 fully saturated rings. The lowest BCUT2D eigenvalue weighted by atomic mass is 10.2. The highest BCUT2D eigenvalue weighted by atomic mass is 79.9. The first-order valence-electron chi connectivity index (χ1n) is 9.75. The molecular weight excluding hydrogens is 554 g/mol. The fourth-order valence-electron chi connectivity index (χ4n) is 3.27. The molecule has 8 nitrogen and oxygen atoms in total. The van der Waals surface area contributed by atoms with Crippen LogP contribution in [0.1, 0.15) is 0 Å². The zero-order valence-electron chi connectivity index (χ0n) is 17.9. The zero-order chi connectivity index (χ0) is 22.7. The summed E-state index contributed by atoms with van der Waals surface area (Å²) in [4.78, 5) is 4.87. The second-order valence-corrected chi connectivity index (χ2v) is 10.1. The minimum atomic E-state index is -3.53. The van der Waals surface area contributed by atoms with Crippen molar-refractivity contribution in [2.24, 2.45) is 0 Å². The topological polar surface area (TPSA) is 90.0 Å². The van der Waals surface area contributed by atoms with Crippen molar-refractivity contribution in [2.45, 2.75) is 4.90 Å². The number of ether oxygens (including phenoxy) is 3. The Labute approximate surface area is 212 Å². The smallest absolute Gasteiger partial charge is 0.243 e. The summed E-state index contributed by atoms with van der Waals surface area (Å²) in [6.07, 6.45) is 0. The number of rotatable bonds is 7. The molecule has 2 heterocycles. The van der Waals surface area contributed by atoms with Gasteiger partial charge in [0.1, 0.15) is 11.5 Å². The summed E-state index contributed by atoms with van der Waals surface area (Å²) in [5.41, 5.74) is 2.21. The van der Waals surface area contributed by atoms with Gasteiger partial charge in [-0.15, -0.1) is 28.3 Å². The van der Waals surface area contributed by atoms with E-state index in [-0.39, 0.29) is 21.9 Å². The second-order valence-electron chi connectivity index (χ2n) is 6.89. The molecule has 0 atom stereocenters. The van der Waals surface area contributed by atoms with Crippen LogP contribution < -0.4 is 14.8 Å². The maximum absolute atomic E-state index is 12.8. The first kappa shape index (κ1) is 25.7. The van der Waals surface area contributed by atoms with Crippen LogP contribution in [-0.2, 0) is 14.8 Å². The molecule has 0 unspecified atom stereocenters. The van der Waals surface area contributed by atoms with Gasteiger partial charge in [0, 0.05) is 36.2 Å². The van der Waals surface area contributed by atoms with Crippen LogP contribution >= 0.6 is 39.9 Å². The van der Waals surface area contributed by atoms with Crippen LogP contribution in [0, 0.1) is 0 Å². The maximum Gasteiger partial charge on any atom is 0.243 e. The molecule has 0 saturated carbocycles. The Bertz CT molecular complexity index is 1200. The average Bonchev–Trinajstić information content (AvgIpc) is 3.29. The number of halogens is 2. The summed E-state index contributed by atoms with van der Waals surface area (Å²) >= 11 is 7.58. The number of anilines is 2. The van der Waals surface area contributed by atoms with E-state index < -0.39 is 10.0 Å². The van der Waals surface area contributed by atoms with Crippen molar-refractivity contribution in [3.05, 3.63) is 46.8 Å². The van der Waals surface area contributed by atoms with E-state index in [1.807, 2.05) is 5.38 Å². The van der Waals surface area contributed by atoms with E-state index in [0.717, 1.165) is 11.3 Å². The van der Waals surface area contributed by atoms with Crippen LogP contribution in [0.25, 0.3) is 11.3 Å². The number of thiazole rings is 1. The van der Waals surface area contributed by atoms with Crippen LogP contribution in [-0.4, -0.2) is 58.2 Å². The van der Waals surface area contributed by atoms with Gasteiger partial charge in [0.05, 0.1) is 48.7 Å². The Morgan fingerprint density at radius 3 is 2.39 bits per heavy atom. The minimum Gasteiger partial charge on any atom is -0.495 e. The van der Waals surface area contributed by atoms with Crippen LogP contribution in [0.5, 0.6) is 11.5 Å². The molecule has 1 saturated heterocycles. The molecule has 3 aromatic rings. The third-order valence-electron chi connectivity index (χ3n) is 4.98. The number of nitrogens with zero attached hydrogens (tertiary/aromatic N) is 2. The van der Waals surface area contributed by atoms with Crippen molar-refractivity contribution in [3.63, 3.8) is 0 Å². The zero-order valence-corrected chi connectivity index (χ0v) is 22.0. The van der Waals surface area contributed by atoms with Crippen molar-refractivity contribution >= 4 is 60.8 Å². The molecule has 12 heteroatoms. The Morgan fingerprint density at radius 1 is 1.09 bits per heavy atom. The SMILES string of the molecule is Br.COc1cc(Nc2nc(-c3ccc(S(=O)(=O)N4CCOCC4)cc3)cs2)c(OC)cc1Cl. The van der Waals surface area contributed by atoms with Gasteiger partial charge >= 0.3 is 0 Å². The van der Waals surface area contributed by atoms with Crippen molar-refractivity contribution in [2.75, 3.05) is 45.8 Å². The van der Waals surface area contributed by atoms with E-state index in [1.165, 1.54) is 15.6 Å². The number of methoxy groups -OCH3 is 2. The van der Waals surface area contributed by atoms with Gasteiger partial charge in [-0.3, -0.25) is 0 Å². The van der Waals surface area contributed by atoms with Crippen LogP contribution in [0.15, 0.2) is 46.7 Å². The van der Waals surface area contributed by atoms with Gasteiger partial charge in [-0.2, -0.15) is 4.31 Å². The lowest BCUT2D eigenvalue weighted by Gasteiger charge is -2.26. The van der Waals surface area contributed by atoms with Gasteiger partial charge in [-0.1, -0.05) is 23.7 Å². The first-order chi connectivity index (χ1) is 15.4. The molecular formula is C21H23BrClN3O5S2. The molecule has 1 aliphatic rings. The third-order valence-corrected chi connectivity index (χ3v) is 7.94. The Balaban J connectivity index is 0.00000306. The molecule has 1 aliphatic heterocycles. The van der Waals surface area contributed by atoms with Crippen LogP contribution in [0.3, 0.4) is 0 Å². The molecule has 4 rings (SSSR count). The maximum atomic E-state index is 12.8. The number of morpholine rings is 1. The summed E-state index contributed by atoms with van der Waals surface area (Å²) in [5, 5.41) is 6.21. The lowest BCUT2D eigenvalue weighted by molar-refractivity contribution is 0.0730. The highest BCUT2D eigenvalue weighted by Crippen LogP contribution is 2.38. The number of hydrogen-bond acceptors (Lipinski definition) is 8. The molecule has 0 aliphatic carbocycles. The normalized spacial score (nSPS) is 14.4. The molecule has 33 heavy (non-hydrogen) atoms. The summed E-state index contributed by atoms with van der Waals surface area (Å²) < 4.78 is 42.9. The summed E-state index contributed by atoms with van der Waals surface area (Å²) in [6.45, 7) is 1.56. The number of benzene rings is 2. The van der Waals surface area contributed by atoms with Gasteiger partial charge in [-0.25, -0.2) is 13.4 Å². The van der Waals surface area contributed by atoms with Crippen molar-refractivity contribution < 1.29 is 22.6 Å². The first-order valence-corrected chi connectivity index (χ1v) is 12.4. The standard InChI is InChI=1S/C21H22ClN3O5S2.BrH/c1-28-19-12-17(20(29-2)11-16(19)22)23-21-24-18(13-31-21)14-3-5-15(6-4-14)32(26,27)25-7-9-30-10-8-25;/h3-6,11-13H,7-10H2,1-2H3,(H,23,24);1H. The minimum absolute atomic E-state index is 0. The van der Waals surface area contributed by atoms with E-state index in [9.17, 15) is 8.42 Å². The van der Waals surface area contributed by atoms with Crippen LogP contribution in [0.4, 0.5) is 10.8 Å². The Hall–Kier alpha value is -1.89. The summed E-state index contributed by atoms with van der Waals surface area (Å²) in [6, 6.07) is 10.2. The predicted molar refractivity (Wildman–Crippen MR) is 135 cm³/mol. The van der Waals surface area contributed by atoms with Crippen molar-refractivity contribution in [3.8, 4) is 22.8 Å². The quantitative estimate of drug-likeness (QED) is 0.431. The van der Waals surface area contributed by atoms with Gasteiger partial charge in [0.2, 0.25) is 10.0 Å². The molecule has 2 aromatic carbocycles. The Morgan fingerprint density at radius 2 is 1.76 bits per heavy atom. The van der Waals surface area contributed by atoms with Gasteiger partial charge in [0.25, 0.3) is 0 Å². The molecule has 0 radical (unpaired) electrons. The van der Waals surface area contributed by atoms with E-state index >= 15 is 0 Å². The molecule has 0 amide bonds. The average molecular weight is 577 g/mol. The second kappa shape index (κ2) is 11.0. The predicted octanol–water partition coefficient (Wildman–Crippen LogP) is 4.82. The third kappa shape index (κ3) is 5.61.